The number of hydrogen-bond acceptors (Lipinski definition) is 5. The van der Waals surface area contributed by atoms with Crippen LogP contribution in [0.15, 0.2) is 67.1 Å². The van der Waals surface area contributed by atoms with Gasteiger partial charge in [-0.2, -0.15) is 23.5 Å². The molecule has 12 heteroatoms. The third-order valence-electron chi connectivity index (χ3n) is 5.73. The van der Waals surface area contributed by atoms with Crippen LogP contribution in [-0.4, -0.2) is 42.3 Å². The van der Waals surface area contributed by atoms with Crippen molar-refractivity contribution in [2.24, 2.45) is 0 Å². The van der Waals surface area contributed by atoms with Crippen molar-refractivity contribution in [3.05, 3.63) is 84.3 Å². The summed E-state index contributed by atoms with van der Waals surface area (Å²) in [7, 11) is 0. The first-order chi connectivity index (χ1) is 17.6. The van der Waals surface area contributed by atoms with Gasteiger partial charge in [0.05, 0.1) is 17.8 Å². The molecule has 0 fully saturated rings. The number of amides is 1. The van der Waals surface area contributed by atoms with Crippen LogP contribution in [0.25, 0.3) is 22.4 Å². The van der Waals surface area contributed by atoms with Gasteiger partial charge in [0.2, 0.25) is 0 Å². The van der Waals surface area contributed by atoms with Gasteiger partial charge in [-0.1, -0.05) is 6.07 Å². The van der Waals surface area contributed by atoms with Crippen LogP contribution in [0, 0.1) is 11.6 Å². The normalized spacial score (nSPS) is 13.6. The van der Waals surface area contributed by atoms with Crippen LogP contribution in [0.1, 0.15) is 25.5 Å². The SMILES string of the molecule is C[C@H](NC(=O)C(C)(F)F)[C@H](Oc1ccc2c(cnn2-c2cccc3ncnn23)c1)c1cc(F)cc(F)c1. The highest BCUT2D eigenvalue weighted by atomic mass is 19.3. The number of ether oxygens (including phenoxy) is 1. The van der Waals surface area contributed by atoms with Gasteiger partial charge >= 0.3 is 5.92 Å². The fourth-order valence-corrected chi connectivity index (χ4v) is 4.01. The molecule has 0 bridgehead atoms. The van der Waals surface area contributed by atoms with Crippen LogP contribution in [0.3, 0.4) is 0 Å². The second-order valence-electron chi connectivity index (χ2n) is 8.58. The minimum absolute atomic E-state index is 0.0263. The highest BCUT2D eigenvalue weighted by molar-refractivity contribution is 5.83. The molecule has 3 heterocycles. The van der Waals surface area contributed by atoms with Crippen molar-refractivity contribution in [1.82, 2.24) is 29.7 Å². The van der Waals surface area contributed by atoms with Crippen LogP contribution in [-0.2, 0) is 4.79 Å². The van der Waals surface area contributed by atoms with Gasteiger partial charge in [0.15, 0.2) is 11.5 Å². The Hall–Kier alpha value is -4.48. The number of carbonyl (C=O) groups excluding carboxylic acids is 1. The maximum atomic E-state index is 14.0. The predicted octanol–water partition coefficient (Wildman–Crippen LogP) is 4.63. The Balaban J connectivity index is 1.49. The van der Waals surface area contributed by atoms with E-state index in [0.717, 1.165) is 12.1 Å². The Morgan fingerprint density at radius 1 is 1.05 bits per heavy atom. The molecule has 8 nitrogen and oxygen atoms in total. The van der Waals surface area contributed by atoms with Crippen molar-refractivity contribution < 1.29 is 27.1 Å². The van der Waals surface area contributed by atoms with E-state index in [1.807, 2.05) is 12.1 Å². The quantitative estimate of drug-likeness (QED) is 0.322. The molecular weight excluding hydrogens is 492 g/mol. The summed E-state index contributed by atoms with van der Waals surface area (Å²) in [6, 6.07) is 12.1. The topological polar surface area (TPSA) is 86.3 Å². The van der Waals surface area contributed by atoms with Gasteiger partial charge in [-0.25, -0.2) is 18.4 Å². The summed E-state index contributed by atoms with van der Waals surface area (Å²) in [6.07, 6.45) is 1.84. The average Bonchev–Trinajstić information content (AvgIpc) is 3.48. The smallest absolute Gasteiger partial charge is 0.321 e. The van der Waals surface area contributed by atoms with E-state index in [9.17, 15) is 22.4 Å². The fraction of sp³-hybridized carbons (Fsp3) is 0.200. The van der Waals surface area contributed by atoms with Gasteiger partial charge < -0.3 is 10.1 Å². The predicted molar refractivity (Wildman–Crippen MR) is 126 cm³/mol. The molecule has 2 atom stereocenters. The molecule has 5 aromatic rings. The summed E-state index contributed by atoms with van der Waals surface area (Å²) < 4.78 is 64.2. The summed E-state index contributed by atoms with van der Waals surface area (Å²) in [4.78, 5) is 16.1. The lowest BCUT2D eigenvalue weighted by Gasteiger charge is -2.27. The molecule has 0 unspecified atom stereocenters. The zero-order valence-electron chi connectivity index (χ0n) is 19.6. The monoisotopic (exact) mass is 512 g/mol. The molecule has 0 spiro atoms. The number of benzene rings is 2. The van der Waals surface area contributed by atoms with Gasteiger partial charge in [-0.05, 0) is 49.4 Å². The maximum Gasteiger partial charge on any atom is 0.321 e. The number of nitrogens with zero attached hydrogens (tertiary/aromatic N) is 5. The first-order valence-electron chi connectivity index (χ1n) is 11.2. The summed E-state index contributed by atoms with van der Waals surface area (Å²) in [5.41, 5.74) is 1.37. The zero-order valence-corrected chi connectivity index (χ0v) is 19.6. The molecular formula is C25H20F4N6O2. The molecule has 37 heavy (non-hydrogen) atoms. The average molecular weight is 512 g/mol. The number of carbonyl (C=O) groups is 1. The van der Waals surface area contributed by atoms with E-state index in [2.05, 4.69) is 20.5 Å². The van der Waals surface area contributed by atoms with Crippen molar-refractivity contribution in [2.45, 2.75) is 31.9 Å². The van der Waals surface area contributed by atoms with Crippen LogP contribution in [0.5, 0.6) is 5.75 Å². The molecule has 0 aliphatic heterocycles. The second kappa shape index (κ2) is 9.19. The number of pyridine rings is 1. The summed E-state index contributed by atoms with van der Waals surface area (Å²) in [5.74, 6) is -6.02. The first-order valence-corrected chi connectivity index (χ1v) is 11.2. The Kier molecular flexibility index (Phi) is 6.02. The molecule has 5 rings (SSSR count). The van der Waals surface area contributed by atoms with E-state index in [-0.39, 0.29) is 11.3 Å². The number of fused-ring (bicyclic) bond motifs is 2. The number of hydrogen-bond donors (Lipinski definition) is 1. The molecule has 0 saturated carbocycles. The van der Waals surface area contributed by atoms with Crippen molar-refractivity contribution in [2.75, 3.05) is 0 Å². The Labute approximate surface area is 207 Å². The summed E-state index contributed by atoms with van der Waals surface area (Å²) in [5, 5.41) is 11.5. The third-order valence-corrected chi connectivity index (χ3v) is 5.73. The van der Waals surface area contributed by atoms with E-state index in [1.165, 1.54) is 13.3 Å². The van der Waals surface area contributed by atoms with Gasteiger partial charge in [0.1, 0.15) is 29.8 Å². The summed E-state index contributed by atoms with van der Waals surface area (Å²) in [6.45, 7) is 1.87. The molecule has 2 aromatic carbocycles. The van der Waals surface area contributed by atoms with E-state index in [0.29, 0.717) is 35.4 Å². The van der Waals surface area contributed by atoms with Gasteiger partial charge in [0, 0.05) is 23.9 Å². The molecule has 190 valence electrons. The van der Waals surface area contributed by atoms with Crippen molar-refractivity contribution in [1.29, 1.82) is 0 Å². The summed E-state index contributed by atoms with van der Waals surface area (Å²) >= 11 is 0. The highest BCUT2D eigenvalue weighted by Gasteiger charge is 2.35. The Morgan fingerprint density at radius 2 is 1.81 bits per heavy atom. The van der Waals surface area contributed by atoms with Crippen molar-refractivity contribution in [3.63, 3.8) is 0 Å². The highest BCUT2D eigenvalue weighted by Crippen LogP contribution is 2.30. The molecule has 0 radical (unpaired) electrons. The zero-order chi connectivity index (χ0) is 26.3. The number of alkyl halides is 2. The fourth-order valence-electron chi connectivity index (χ4n) is 4.01. The maximum absolute atomic E-state index is 14.0. The Bertz CT molecular complexity index is 1590. The standard InChI is InChI=1S/C25H20F4N6O2/c1-14(33-24(36)25(2,28)29)23(15-8-17(26)11-18(27)9-15)37-19-6-7-20-16(10-19)12-31-34(20)22-5-3-4-21-30-13-32-35(21)22/h3-14,23H,1-2H3,(H,33,36)/t14-,23-/m0/s1. The van der Waals surface area contributed by atoms with Gasteiger partial charge in [-0.3, -0.25) is 4.79 Å². The number of nitrogens with one attached hydrogen (secondary N) is 1. The lowest BCUT2D eigenvalue weighted by atomic mass is 10.0. The van der Waals surface area contributed by atoms with E-state index < -0.39 is 35.6 Å². The second-order valence-corrected chi connectivity index (χ2v) is 8.58. The molecule has 3 aromatic heterocycles. The van der Waals surface area contributed by atoms with E-state index in [1.54, 1.807) is 39.7 Å². The van der Waals surface area contributed by atoms with Crippen molar-refractivity contribution in [3.8, 4) is 11.6 Å². The van der Waals surface area contributed by atoms with Gasteiger partial charge in [0.25, 0.3) is 5.91 Å². The molecule has 0 aliphatic rings. The molecule has 0 saturated heterocycles. The lowest BCUT2D eigenvalue weighted by Crippen LogP contribution is -2.46. The third kappa shape index (κ3) is 4.82. The van der Waals surface area contributed by atoms with E-state index >= 15 is 0 Å². The molecule has 1 N–H and O–H groups in total. The first kappa shape index (κ1) is 24.2. The number of aromatic nitrogens is 5. The van der Waals surface area contributed by atoms with Crippen molar-refractivity contribution >= 4 is 22.5 Å². The van der Waals surface area contributed by atoms with Crippen LogP contribution < -0.4 is 10.1 Å². The lowest BCUT2D eigenvalue weighted by molar-refractivity contribution is -0.144. The Morgan fingerprint density at radius 3 is 2.54 bits per heavy atom. The van der Waals surface area contributed by atoms with Crippen LogP contribution >= 0.6 is 0 Å². The minimum atomic E-state index is -3.65. The van der Waals surface area contributed by atoms with Crippen LogP contribution in [0.4, 0.5) is 17.6 Å². The van der Waals surface area contributed by atoms with Crippen LogP contribution in [0.2, 0.25) is 0 Å². The number of halogens is 4. The van der Waals surface area contributed by atoms with Gasteiger partial charge in [-0.15, -0.1) is 0 Å². The van der Waals surface area contributed by atoms with E-state index in [4.69, 9.17) is 4.74 Å². The molecule has 1 amide bonds. The minimum Gasteiger partial charge on any atom is -0.484 e. The molecule has 0 aliphatic carbocycles. The largest absolute Gasteiger partial charge is 0.484 e. The number of rotatable bonds is 7.